The Kier molecular flexibility index (Phi) is 7.68. The number of hydrogen-bond acceptors (Lipinski definition) is 8. The summed E-state index contributed by atoms with van der Waals surface area (Å²) in [6.45, 7) is 11.1. The minimum atomic E-state index is -0.535. The lowest BCUT2D eigenvalue weighted by molar-refractivity contribution is -0.134. The number of piperidine rings is 1. The number of nitrogens with one attached hydrogen (secondary N) is 1. The first kappa shape index (κ1) is 29.5. The second-order valence-electron chi connectivity index (χ2n) is 12.5. The smallest absolute Gasteiger partial charge is 0.410 e. The van der Waals surface area contributed by atoms with E-state index in [0.29, 0.717) is 65.7 Å². The third-order valence-corrected chi connectivity index (χ3v) is 8.09. The normalized spacial score (nSPS) is 16.2. The molecule has 1 saturated heterocycles. The van der Waals surface area contributed by atoms with Gasteiger partial charge in [0.1, 0.15) is 29.6 Å². The van der Waals surface area contributed by atoms with Gasteiger partial charge >= 0.3 is 6.09 Å². The summed E-state index contributed by atoms with van der Waals surface area (Å²) in [5.41, 5.74) is 2.20. The number of carbonyl (C=O) groups is 2. The summed E-state index contributed by atoms with van der Waals surface area (Å²) in [6.07, 6.45) is 5.07. The van der Waals surface area contributed by atoms with Crippen molar-refractivity contribution in [3.63, 3.8) is 0 Å². The standard InChI is InChI=1S/C32H37FN8O3/c1-19-26(17-34-20(2)36-19)25-12-21-14-28(35-16-22(21)13-27(25)33)37-29-15-24-8-11-40(30(42)18-41(24)38-29)23-6-9-39(10-7-23)31(43)44-32(3,4)5/h12-17,23H,6-11,18H2,1-5H3,(H,35,37,38). The van der Waals surface area contributed by atoms with E-state index in [1.165, 1.54) is 6.07 Å². The molecule has 6 rings (SSSR count). The molecule has 1 aromatic carbocycles. The van der Waals surface area contributed by atoms with Gasteiger partial charge in [-0.2, -0.15) is 5.10 Å². The Morgan fingerprint density at radius 3 is 2.48 bits per heavy atom. The van der Waals surface area contributed by atoms with Crippen molar-refractivity contribution in [1.82, 2.24) is 34.5 Å². The molecule has 1 fully saturated rings. The molecular weight excluding hydrogens is 563 g/mol. The number of nitrogens with zero attached hydrogens (tertiary/aromatic N) is 7. The van der Waals surface area contributed by atoms with Gasteiger partial charge in [-0.3, -0.25) is 9.48 Å². The van der Waals surface area contributed by atoms with E-state index >= 15 is 4.39 Å². The Bertz CT molecular complexity index is 1740. The van der Waals surface area contributed by atoms with Crippen LogP contribution in [0, 0.1) is 19.7 Å². The van der Waals surface area contributed by atoms with Crippen LogP contribution in [0.1, 0.15) is 50.8 Å². The Labute approximate surface area is 255 Å². The van der Waals surface area contributed by atoms with E-state index in [-0.39, 0.29) is 30.4 Å². The van der Waals surface area contributed by atoms with E-state index in [1.54, 1.807) is 35.0 Å². The van der Waals surface area contributed by atoms with E-state index in [2.05, 4.69) is 25.4 Å². The summed E-state index contributed by atoms with van der Waals surface area (Å²) in [7, 11) is 0. The van der Waals surface area contributed by atoms with E-state index in [9.17, 15) is 9.59 Å². The number of benzene rings is 1. The van der Waals surface area contributed by atoms with Crippen molar-refractivity contribution in [1.29, 1.82) is 0 Å². The van der Waals surface area contributed by atoms with Gasteiger partial charge in [-0.1, -0.05) is 0 Å². The maximum absolute atomic E-state index is 15.0. The van der Waals surface area contributed by atoms with E-state index in [0.717, 1.165) is 23.9 Å². The fraction of sp³-hybridized carbons (Fsp3) is 0.438. The van der Waals surface area contributed by atoms with Gasteiger partial charge in [0.15, 0.2) is 5.82 Å². The molecule has 230 valence electrons. The molecule has 0 saturated carbocycles. The number of anilines is 2. The highest BCUT2D eigenvalue weighted by Crippen LogP contribution is 2.31. The molecule has 2 aliphatic heterocycles. The zero-order valence-electron chi connectivity index (χ0n) is 25.7. The van der Waals surface area contributed by atoms with Crippen molar-refractivity contribution in [3.05, 3.63) is 59.7 Å². The van der Waals surface area contributed by atoms with Crippen LogP contribution >= 0.6 is 0 Å². The zero-order chi connectivity index (χ0) is 31.2. The summed E-state index contributed by atoms with van der Waals surface area (Å²) in [6, 6.07) is 7.13. The monoisotopic (exact) mass is 600 g/mol. The van der Waals surface area contributed by atoms with Crippen LogP contribution in [-0.2, 0) is 22.5 Å². The molecule has 0 atom stereocenters. The maximum Gasteiger partial charge on any atom is 0.410 e. The third kappa shape index (κ3) is 6.20. The summed E-state index contributed by atoms with van der Waals surface area (Å²) in [4.78, 5) is 42.5. The number of aryl methyl sites for hydroxylation is 2. The average molecular weight is 601 g/mol. The van der Waals surface area contributed by atoms with Crippen LogP contribution < -0.4 is 5.32 Å². The lowest BCUT2D eigenvalue weighted by Crippen LogP contribution is -2.50. The number of likely N-dealkylation sites (tertiary alicyclic amines) is 1. The van der Waals surface area contributed by atoms with Gasteiger partial charge in [0, 0.05) is 78.5 Å². The fourth-order valence-electron chi connectivity index (χ4n) is 5.93. The van der Waals surface area contributed by atoms with Gasteiger partial charge in [-0.05, 0) is 71.0 Å². The number of pyridine rings is 1. The first-order valence-electron chi connectivity index (χ1n) is 14.9. The molecule has 5 heterocycles. The molecule has 2 amide bonds. The van der Waals surface area contributed by atoms with Crippen molar-refractivity contribution in [2.45, 2.75) is 72.1 Å². The first-order valence-corrected chi connectivity index (χ1v) is 14.9. The molecule has 11 nitrogen and oxygen atoms in total. The van der Waals surface area contributed by atoms with Gasteiger partial charge in [-0.25, -0.2) is 24.1 Å². The highest BCUT2D eigenvalue weighted by Gasteiger charge is 2.33. The fourth-order valence-corrected chi connectivity index (χ4v) is 5.93. The second kappa shape index (κ2) is 11.5. The lowest BCUT2D eigenvalue weighted by Gasteiger charge is -2.38. The first-order chi connectivity index (χ1) is 20.9. The number of fused-ring (bicyclic) bond motifs is 2. The topological polar surface area (TPSA) is 118 Å². The van der Waals surface area contributed by atoms with Crippen LogP contribution in [0.25, 0.3) is 21.9 Å². The summed E-state index contributed by atoms with van der Waals surface area (Å²) < 4.78 is 22.3. The van der Waals surface area contributed by atoms with Crippen molar-refractivity contribution in [2.24, 2.45) is 0 Å². The number of carbonyl (C=O) groups excluding carboxylic acids is 2. The maximum atomic E-state index is 15.0. The molecule has 1 N–H and O–H groups in total. The minimum absolute atomic E-state index is 0.0166. The number of amides is 2. The molecule has 3 aromatic heterocycles. The highest BCUT2D eigenvalue weighted by molar-refractivity contribution is 5.89. The largest absolute Gasteiger partial charge is 0.444 e. The summed E-state index contributed by atoms with van der Waals surface area (Å²) >= 11 is 0. The average Bonchev–Trinajstić information content (AvgIpc) is 3.25. The van der Waals surface area contributed by atoms with Gasteiger partial charge < -0.3 is 19.9 Å². The quantitative estimate of drug-likeness (QED) is 0.341. The number of aromatic nitrogens is 5. The van der Waals surface area contributed by atoms with Gasteiger partial charge in [-0.15, -0.1) is 0 Å². The molecule has 0 bridgehead atoms. The Morgan fingerprint density at radius 2 is 1.75 bits per heavy atom. The van der Waals surface area contributed by atoms with E-state index in [4.69, 9.17) is 4.74 Å². The summed E-state index contributed by atoms with van der Waals surface area (Å²) in [5, 5.41) is 9.39. The Morgan fingerprint density at radius 1 is 0.977 bits per heavy atom. The van der Waals surface area contributed by atoms with Crippen molar-refractivity contribution < 1.29 is 18.7 Å². The Balaban J connectivity index is 1.12. The van der Waals surface area contributed by atoms with Gasteiger partial charge in [0.25, 0.3) is 0 Å². The van der Waals surface area contributed by atoms with Crippen LogP contribution in [0.5, 0.6) is 0 Å². The molecule has 12 heteroatoms. The number of rotatable bonds is 4. The molecule has 0 unspecified atom stereocenters. The SMILES string of the molecule is Cc1ncc(-c2cc3cc(Nc4cc5n(n4)CC(=O)N(C4CCN(C(=O)OC(C)(C)C)CC4)CC5)ncc3cc2F)c(C)n1. The van der Waals surface area contributed by atoms with Crippen molar-refractivity contribution >= 4 is 34.4 Å². The van der Waals surface area contributed by atoms with Crippen molar-refractivity contribution in [3.8, 4) is 11.1 Å². The number of halogens is 1. The molecule has 0 spiro atoms. The predicted octanol–water partition coefficient (Wildman–Crippen LogP) is 5.17. The number of hydrogen-bond donors (Lipinski definition) is 1. The van der Waals surface area contributed by atoms with Crippen LogP contribution in [0.2, 0.25) is 0 Å². The third-order valence-electron chi connectivity index (χ3n) is 8.09. The molecule has 0 aliphatic carbocycles. The molecule has 2 aliphatic rings. The second-order valence-corrected chi connectivity index (χ2v) is 12.5. The summed E-state index contributed by atoms with van der Waals surface area (Å²) in [5.74, 6) is 1.44. The van der Waals surface area contributed by atoms with Gasteiger partial charge in [0.05, 0.1) is 0 Å². The van der Waals surface area contributed by atoms with Crippen LogP contribution in [0.15, 0.2) is 36.7 Å². The Hall–Kier alpha value is -4.61. The molecular formula is C32H37FN8O3. The number of ether oxygens (including phenoxy) is 1. The van der Waals surface area contributed by atoms with E-state index in [1.807, 2.05) is 44.7 Å². The molecule has 44 heavy (non-hydrogen) atoms. The minimum Gasteiger partial charge on any atom is -0.444 e. The van der Waals surface area contributed by atoms with Gasteiger partial charge in [0.2, 0.25) is 5.91 Å². The zero-order valence-corrected chi connectivity index (χ0v) is 25.7. The van der Waals surface area contributed by atoms with Crippen LogP contribution in [-0.4, -0.2) is 77.8 Å². The van der Waals surface area contributed by atoms with Crippen molar-refractivity contribution in [2.75, 3.05) is 25.0 Å². The van der Waals surface area contributed by atoms with Crippen LogP contribution in [0.3, 0.4) is 0 Å². The lowest BCUT2D eigenvalue weighted by atomic mass is 10.0. The molecule has 0 radical (unpaired) electrons. The predicted molar refractivity (Wildman–Crippen MR) is 164 cm³/mol. The highest BCUT2D eigenvalue weighted by atomic mass is 19.1. The van der Waals surface area contributed by atoms with E-state index < -0.39 is 5.60 Å². The molecule has 4 aromatic rings. The van der Waals surface area contributed by atoms with Crippen LogP contribution in [0.4, 0.5) is 20.8 Å².